The van der Waals surface area contributed by atoms with Gasteiger partial charge in [-0.15, -0.1) is 0 Å². The van der Waals surface area contributed by atoms with E-state index in [-0.39, 0.29) is 17.7 Å². The molecule has 1 aliphatic rings. The van der Waals surface area contributed by atoms with Crippen molar-refractivity contribution < 1.29 is 9.59 Å². The van der Waals surface area contributed by atoms with E-state index >= 15 is 0 Å². The molecule has 154 valence electrons. The van der Waals surface area contributed by atoms with E-state index in [1.807, 2.05) is 44.2 Å². The Hall–Kier alpha value is -3.48. The number of H-pyrrole nitrogens is 1. The number of benzene rings is 1. The number of hydrogen-bond donors (Lipinski definition) is 2. The fourth-order valence-corrected chi connectivity index (χ4v) is 3.72. The molecular formula is C23H25N5O2. The maximum Gasteiger partial charge on any atom is 0.271 e. The maximum atomic E-state index is 12.8. The van der Waals surface area contributed by atoms with Crippen LogP contribution in [0.4, 0.5) is 5.69 Å². The van der Waals surface area contributed by atoms with Crippen LogP contribution in [0.1, 0.15) is 34.5 Å². The van der Waals surface area contributed by atoms with Crippen molar-refractivity contribution >= 4 is 17.5 Å². The number of carbonyl (C=O) groups is 2. The Morgan fingerprint density at radius 3 is 2.53 bits per heavy atom. The lowest BCUT2D eigenvalue weighted by atomic mass is 9.95. The number of nitrogens with zero attached hydrogens (tertiary/aromatic N) is 3. The molecule has 2 aromatic heterocycles. The highest BCUT2D eigenvalue weighted by molar-refractivity contribution is 5.95. The molecule has 7 heteroatoms. The van der Waals surface area contributed by atoms with Crippen molar-refractivity contribution in [2.75, 3.05) is 18.4 Å². The first kappa shape index (κ1) is 19.8. The fourth-order valence-electron chi connectivity index (χ4n) is 3.72. The van der Waals surface area contributed by atoms with Gasteiger partial charge < -0.3 is 10.2 Å². The summed E-state index contributed by atoms with van der Waals surface area (Å²) < 4.78 is 0. The summed E-state index contributed by atoms with van der Waals surface area (Å²) in [7, 11) is 0. The molecule has 30 heavy (non-hydrogen) atoms. The van der Waals surface area contributed by atoms with Crippen molar-refractivity contribution in [1.82, 2.24) is 20.1 Å². The van der Waals surface area contributed by atoms with Gasteiger partial charge in [-0.05, 0) is 62.1 Å². The number of aromatic amines is 1. The first-order valence-electron chi connectivity index (χ1n) is 10.1. The van der Waals surface area contributed by atoms with Gasteiger partial charge in [0.15, 0.2) is 0 Å². The first-order chi connectivity index (χ1) is 14.5. The number of likely N-dealkylation sites (tertiary alicyclic amines) is 1. The van der Waals surface area contributed by atoms with Crippen LogP contribution in [0.3, 0.4) is 0 Å². The van der Waals surface area contributed by atoms with Crippen LogP contribution in [-0.4, -0.2) is 45.0 Å². The van der Waals surface area contributed by atoms with E-state index in [1.165, 1.54) is 0 Å². The normalized spacial score (nSPS) is 14.5. The van der Waals surface area contributed by atoms with Gasteiger partial charge in [0.2, 0.25) is 5.91 Å². The summed E-state index contributed by atoms with van der Waals surface area (Å²) in [6.07, 6.45) is 4.68. The van der Waals surface area contributed by atoms with Crippen LogP contribution in [0.2, 0.25) is 0 Å². The summed E-state index contributed by atoms with van der Waals surface area (Å²) in [6, 6.07) is 11.5. The Bertz CT molecular complexity index is 1050. The maximum absolute atomic E-state index is 12.8. The second-order valence-electron chi connectivity index (χ2n) is 7.78. The van der Waals surface area contributed by atoms with Gasteiger partial charge in [0.05, 0.1) is 5.69 Å². The zero-order valence-corrected chi connectivity index (χ0v) is 17.2. The largest absolute Gasteiger partial charge is 0.337 e. The Labute approximate surface area is 175 Å². The van der Waals surface area contributed by atoms with E-state index < -0.39 is 0 Å². The van der Waals surface area contributed by atoms with E-state index in [9.17, 15) is 9.59 Å². The molecule has 1 aromatic carbocycles. The van der Waals surface area contributed by atoms with E-state index in [2.05, 4.69) is 20.5 Å². The topological polar surface area (TPSA) is 91.0 Å². The van der Waals surface area contributed by atoms with Crippen LogP contribution in [-0.2, 0) is 4.79 Å². The van der Waals surface area contributed by atoms with Crippen LogP contribution >= 0.6 is 0 Å². The van der Waals surface area contributed by atoms with Crippen molar-refractivity contribution in [3.05, 3.63) is 65.6 Å². The smallest absolute Gasteiger partial charge is 0.271 e. The minimum Gasteiger partial charge on any atom is -0.337 e. The molecule has 7 nitrogen and oxygen atoms in total. The number of aromatic nitrogens is 3. The van der Waals surface area contributed by atoms with Crippen molar-refractivity contribution in [1.29, 1.82) is 0 Å². The average Bonchev–Trinajstić information content (AvgIpc) is 3.27. The van der Waals surface area contributed by atoms with Crippen molar-refractivity contribution in [3.63, 3.8) is 0 Å². The number of pyridine rings is 1. The van der Waals surface area contributed by atoms with Gasteiger partial charge in [-0.25, -0.2) is 0 Å². The standard InChI is InChI=1S/C23H25N5O2/c1-15-3-4-16(2)19(13-15)25-22(29)18-7-11-28(12-8-18)23(30)21-14-20(26-27-21)17-5-9-24-10-6-17/h3-6,9-10,13-14,18H,7-8,11-12H2,1-2H3,(H,25,29)(H,26,27). The zero-order valence-electron chi connectivity index (χ0n) is 17.2. The average molecular weight is 403 g/mol. The minimum atomic E-state index is -0.0943. The molecule has 1 fully saturated rings. The number of nitrogens with one attached hydrogen (secondary N) is 2. The lowest BCUT2D eigenvalue weighted by molar-refractivity contribution is -0.121. The molecule has 0 unspecified atom stereocenters. The van der Waals surface area contributed by atoms with Gasteiger partial charge >= 0.3 is 0 Å². The molecule has 1 saturated heterocycles. The van der Waals surface area contributed by atoms with E-state index in [0.717, 1.165) is 22.4 Å². The number of hydrogen-bond acceptors (Lipinski definition) is 4. The molecule has 0 saturated carbocycles. The first-order valence-corrected chi connectivity index (χ1v) is 10.1. The molecule has 4 rings (SSSR count). The SMILES string of the molecule is Cc1ccc(C)c(NC(=O)C2CCN(C(=O)c3cc(-c4ccncc4)n[nH]3)CC2)c1. The predicted molar refractivity (Wildman–Crippen MR) is 115 cm³/mol. The van der Waals surface area contributed by atoms with Gasteiger partial charge in [0.1, 0.15) is 5.69 Å². The molecule has 0 spiro atoms. The molecule has 0 bridgehead atoms. The van der Waals surface area contributed by atoms with Gasteiger partial charge in [-0.3, -0.25) is 19.7 Å². The summed E-state index contributed by atoms with van der Waals surface area (Å²) in [4.78, 5) is 31.3. The number of piperidine rings is 1. The molecule has 0 atom stereocenters. The second kappa shape index (κ2) is 8.49. The third-order valence-electron chi connectivity index (χ3n) is 5.59. The van der Waals surface area contributed by atoms with Crippen LogP contribution in [0, 0.1) is 19.8 Å². The highest BCUT2D eigenvalue weighted by Crippen LogP contribution is 2.24. The molecule has 2 N–H and O–H groups in total. The van der Waals surface area contributed by atoms with Crippen LogP contribution in [0.15, 0.2) is 48.8 Å². The van der Waals surface area contributed by atoms with E-state index in [0.29, 0.717) is 37.3 Å². The number of amides is 2. The molecular weight excluding hydrogens is 378 g/mol. The summed E-state index contributed by atoms with van der Waals surface area (Å²) in [5.74, 6) is -0.156. The summed E-state index contributed by atoms with van der Waals surface area (Å²) in [6.45, 7) is 5.09. The summed E-state index contributed by atoms with van der Waals surface area (Å²) in [5.41, 5.74) is 5.10. The van der Waals surface area contributed by atoms with Crippen molar-refractivity contribution in [3.8, 4) is 11.3 Å². The highest BCUT2D eigenvalue weighted by Gasteiger charge is 2.29. The lowest BCUT2D eigenvalue weighted by Gasteiger charge is -2.31. The molecule has 1 aliphatic heterocycles. The summed E-state index contributed by atoms with van der Waals surface area (Å²) >= 11 is 0. The van der Waals surface area contributed by atoms with E-state index in [4.69, 9.17) is 0 Å². The molecule has 3 heterocycles. The van der Waals surface area contributed by atoms with Gasteiger partial charge in [0, 0.05) is 42.7 Å². The number of rotatable bonds is 4. The minimum absolute atomic E-state index is 0.0253. The highest BCUT2D eigenvalue weighted by atomic mass is 16.2. The monoisotopic (exact) mass is 403 g/mol. The second-order valence-corrected chi connectivity index (χ2v) is 7.78. The summed E-state index contributed by atoms with van der Waals surface area (Å²) in [5, 5.41) is 10.1. The fraction of sp³-hybridized carbons (Fsp3) is 0.304. The quantitative estimate of drug-likeness (QED) is 0.697. The van der Waals surface area contributed by atoms with Crippen LogP contribution in [0.5, 0.6) is 0 Å². The predicted octanol–water partition coefficient (Wildman–Crippen LogP) is 3.58. The van der Waals surface area contributed by atoms with E-state index in [1.54, 1.807) is 23.4 Å². The van der Waals surface area contributed by atoms with Crippen molar-refractivity contribution in [2.24, 2.45) is 5.92 Å². The van der Waals surface area contributed by atoms with Gasteiger partial charge in [-0.2, -0.15) is 5.10 Å². The Morgan fingerprint density at radius 1 is 1.07 bits per heavy atom. The number of anilines is 1. The lowest BCUT2D eigenvalue weighted by Crippen LogP contribution is -2.41. The molecule has 2 amide bonds. The third-order valence-corrected chi connectivity index (χ3v) is 5.59. The molecule has 3 aromatic rings. The molecule has 0 radical (unpaired) electrons. The Morgan fingerprint density at radius 2 is 1.80 bits per heavy atom. The Kier molecular flexibility index (Phi) is 5.61. The third kappa shape index (κ3) is 4.25. The van der Waals surface area contributed by atoms with Crippen LogP contribution in [0.25, 0.3) is 11.3 Å². The number of aryl methyl sites for hydroxylation is 2. The Balaban J connectivity index is 1.35. The van der Waals surface area contributed by atoms with Gasteiger partial charge in [0.25, 0.3) is 5.91 Å². The number of carbonyl (C=O) groups excluding carboxylic acids is 2. The van der Waals surface area contributed by atoms with Crippen LogP contribution < -0.4 is 5.32 Å². The van der Waals surface area contributed by atoms with Crippen molar-refractivity contribution in [2.45, 2.75) is 26.7 Å². The molecule has 0 aliphatic carbocycles. The zero-order chi connectivity index (χ0) is 21.1. The van der Waals surface area contributed by atoms with Gasteiger partial charge in [-0.1, -0.05) is 12.1 Å².